The van der Waals surface area contributed by atoms with Gasteiger partial charge in [-0.3, -0.25) is 9.35 Å². The van der Waals surface area contributed by atoms with Crippen LogP contribution in [0.3, 0.4) is 0 Å². The maximum absolute atomic E-state index is 13.3. The molecule has 0 spiro atoms. The van der Waals surface area contributed by atoms with Crippen LogP contribution in [-0.2, 0) is 16.5 Å². The van der Waals surface area contributed by atoms with E-state index in [0.29, 0.717) is 23.1 Å². The summed E-state index contributed by atoms with van der Waals surface area (Å²) >= 11 is 12.3. The first-order valence-corrected chi connectivity index (χ1v) is 13.9. The minimum atomic E-state index is -4.64. The van der Waals surface area contributed by atoms with Crippen molar-refractivity contribution in [1.82, 2.24) is 0 Å². The van der Waals surface area contributed by atoms with Crippen molar-refractivity contribution in [2.24, 2.45) is 10.2 Å². The molecule has 1 amide bonds. The van der Waals surface area contributed by atoms with E-state index in [9.17, 15) is 22.9 Å². The lowest BCUT2D eigenvalue weighted by Crippen LogP contribution is -2.12. The van der Waals surface area contributed by atoms with Gasteiger partial charge in [0.2, 0.25) is 0 Å². The number of amides is 1. The van der Waals surface area contributed by atoms with Crippen molar-refractivity contribution >= 4 is 67.1 Å². The Kier molecular flexibility index (Phi) is 8.41. The van der Waals surface area contributed by atoms with Crippen LogP contribution in [0.25, 0.3) is 10.8 Å². The monoisotopic (exact) mass is 587 g/mol. The molecular weight excluding hydrogens is 565 g/mol. The standard InChI is InChI=1S/C27H23Cl2N3O6S/c1-3-17-22(12-11-21(29)26(17)39(35,36)37)31-32-24-18-8-6-5-7-15(18)13-19(25(24)33)27(34)30-23-14-16(38-4-2)9-10-20(23)28/h5-14,33H,3-4H2,1-2H3,(H,30,34)(H,35,36,37). The van der Waals surface area contributed by atoms with Gasteiger partial charge in [0.15, 0.2) is 5.75 Å². The van der Waals surface area contributed by atoms with Crippen molar-refractivity contribution in [2.75, 3.05) is 11.9 Å². The lowest BCUT2D eigenvalue weighted by molar-refractivity contribution is 0.102. The van der Waals surface area contributed by atoms with E-state index in [1.54, 1.807) is 49.4 Å². The minimum Gasteiger partial charge on any atom is -0.505 e. The third-order valence-electron chi connectivity index (χ3n) is 5.79. The molecule has 0 radical (unpaired) electrons. The van der Waals surface area contributed by atoms with E-state index in [4.69, 9.17) is 27.9 Å². The number of fused-ring (bicyclic) bond motifs is 1. The Morgan fingerprint density at radius 1 is 1.00 bits per heavy atom. The van der Waals surface area contributed by atoms with Crippen LogP contribution in [0.15, 0.2) is 75.8 Å². The minimum absolute atomic E-state index is 0.0159. The number of anilines is 1. The van der Waals surface area contributed by atoms with Gasteiger partial charge in [-0.1, -0.05) is 54.4 Å². The maximum Gasteiger partial charge on any atom is 0.296 e. The number of halogens is 2. The van der Waals surface area contributed by atoms with Crippen LogP contribution >= 0.6 is 23.2 Å². The summed E-state index contributed by atoms with van der Waals surface area (Å²) in [5.41, 5.74) is 0.446. The van der Waals surface area contributed by atoms with E-state index in [1.165, 1.54) is 18.2 Å². The maximum atomic E-state index is 13.3. The Morgan fingerprint density at radius 3 is 2.41 bits per heavy atom. The number of azo groups is 1. The number of nitrogens with zero attached hydrogens (tertiary/aromatic N) is 2. The number of carbonyl (C=O) groups excluding carboxylic acids is 1. The molecule has 12 heteroatoms. The lowest BCUT2D eigenvalue weighted by atomic mass is 10.0. The van der Waals surface area contributed by atoms with Gasteiger partial charge >= 0.3 is 0 Å². The number of ether oxygens (including phenoxy) is 1. The first-order valence-electron chi connectivity index (χ1n) is 11.7. The molecule has 0 saturated heterocycles. The van der Waals surface area contributed by atoms with Crippen LogP contribution < -0.4 is 10.1 Å². The quantitative estimate of drug-likeness (QED) is 0.142. The molecule has 0 aliphatic rings. The summed E-state index contributed by atoms with van der Waals surface area (Å²) in [4.78, 5) is 12.8. The first kappa shape index (κ1) is 28.3. The molecule has 4 rings (SSSR count). The zero-order chi connectivity index (χ0) is 28.3. The second kappa shape index (κ2) is 11.6. The zero-order valence-corrected chi connectivity index (χ0v) is 23.1. The average Bonchev–Trinajstić information content (AvgIpc) is 2.89. The molecule has 0 saturated carbocycles. The Bertz CT molecular complexity index is 1720. The number of phenolic OH excluding ortho intramolecular Hbond substituents is 1. The first-order chi connectivity index (χ1) is 18.5. The number of aromatic hydroxyl groups is 1. The van der Waals surface area contributed by atoms with Gasteiger partial charge in [-0.25, -0.2) is 0 Å². The van der Waals surface area contributed by atoms with Gasteiger partial charge in [-0.05, 0) is 49.1 Å². The van der Waals surface area contributed by atoms with Crippen LogP contribution in [0, 0.1) is 0 Å². The highest BCUT2D eigenvalue weighted by atomic mass is 35.5. The van der Waals surface area contributed by atoms with E-state index in [2.05, 4.69) is 15.5 Å². The van der Waals surface area contributed by atoms with Gasteiger partial charge in [0.1, 0.15) is 16.3 Å². The fraction of sp³-hybridized carbons (Fsp3) is 0.148. The Labute approximate surface area is 234 Å². The molecule has 0 unspecified atom stereocenters. The van der Waals surface area contributed by atoms with E-state index in [-0.39, 0.29) is 44.7 Å². The molecule has 4 aromatic rings. The van der Waals surface area contributed by atoms with E-state index >= 15 is 0 Å². The van der Waals surface area contributed by atoms with Crippen molar-refractivity contribution < 1.29 is 27.6 Å². The second-order valence-corrected chi connectivity index (χ2v) is 10.4. The van der Waals surface area contributed by atoms with Crippen LogP contribution in [-0.4, -0.2) is 30.6 Å². The highest BCUT2D eigenvalue weighted by Gasteiger charge is 2.23. The van der Waals surface area contributed by atoms with Crippen LogP contribution in [0.5, 0.6) is 11.5 Å². The fourth-order valence-electron chi connectivity index (χ4n) is 4.05. The normalized spacial score (nSPS) is 11.7. The predicted octanol–water partition coefficient (Wildman–Crippen LogP) is 7.73. The summed E-state index contributed by atoms with van der Waals surface area (Å²) < 4.78 is 39.0. The van der Waals surface area contributed by atoms with Crippen LogP contribution in [0.2, 0.25) is 10.0 Å². The highest BCUT2D eigenvalue weighted by molar-refractivity contribution is 7.86. The molecule has 0 aliphatic heterocycles. The fourth-order valence-corrected chi connectivity index (χ4v) is 5.55. The summed E-state index contributed by atoms with van der Waals surface area (Å²) in [6.07, 6.45) is 0.167. The van der Waals surface area contributed by atoms with E-state index in [1.807, 2.05) is 6.92 Å². The van der Waals surface area contributed by atoms with Crippen LogP contribution in [0.4, 0.5) is 17.1 Å². The number of hydrogen-bond donors (Lipinski definition) is 3. The van der Waals surface area contributed by atoms with E-state index < -0.39 is 26.7 Å². The molecule has 4 aromatic carbocycles. The molecule has 9 nitrogen and oxygen atoms in total. The molecule has 39 heavy (non-hydrogen) atoms. The number of phenols is 1. The molecule has 0 aromatic heterocycles. The van der Waals surface area contributed by atoms with Gasteiger partial charge in [0.25, 0.3) is 16.0 Å². The molecule has 0 atom stereocenters. The number of benzene rings is 4. The molecule has 0 aliphatic carbocycles. The van der Waals surface area contributed by atoms with Crippen molar-refractivity contribution in [3.8, 4) is 11.5 Å². The summed E-state index contributed by atoms with van der Waals surface area (Å²) in [6, 6.07) is 16.0. The summed E-state index contributed by atoms with van der Waals surface area (Å²) in [6.45, 7) is 3.92. The summed E-state index contributed by atoms with van der Waals surface area (Å²) in [7, 11) is -4.64. The third kappa shape index (κ3) is 5.99. The molecule has 0 heterocycles. The van der Waals surface area contributed by atoms with Crippen molar-refractivity contribution in [3.63, 3.8) is 0 Å². The number of rotatable bonds is 8. The molecular formula is C27H23Cl2N3O6S. The average molecular weight is 588 g/mol. The predicted molar refractivity (Wildman–Crippen MR) is 151 cm³/mol. The Balaban J connectivity index is 1.81. The molecule has 0 fully saturated rings. The van der Waals surface area contributed by atoms with Gasteiger partial charge in [-0.15, -0.1) is 5.11 Å². The lowest BCUT2D eigenvalue weighted by Gasteiger charge is -2.13. The number of carbonyl (C=O) groups is 1. The van der Waals surface area contributed by atoms with Gasteiger partial charge in [0.05, 0.1) is 33.6 Å². The topological polar surface area (TPSA) is 138 Å². The van der Waals surface area contributed by atoms with Crippen molar-refractivity contribution in [3.05, 3.63) is 81.8 Å². The molecule has 202 valence electrons. The number of hydrogen-bond acceptors (Lipinski definition) is 7. The summed E-state index contributed by atoms with van der Waals surface area (Å²) in [5, 5.41) is 23.4. The largest absolute Gasteiger partial charge is 0.505 e. The van der Waals surface area contributed by atoms with E-state index in [0.717, 1.165) is 0 Å². The Morgan fingerprint density at radius 2 is 1.72 bits per heavy atom. The Hall–Kier alpha value is -3.70. The second-order valence-electron chi connectivity index (χ2n) is 8.27. The van der Waals surface area contributed by atoms with Gasteiger partial charge in [-0.2, -0.15) is 13.5 Å². The van der Waals surface area contributed by atoms with Crippen molar-refractivity contribution in [2.45, 2.75) is 25.2 Å². The smallest absolute Gasteiger partial charge is 0.296 e. The molecule has 3 N–H and O–H groups in total. The highest BCUT2D eigenvalue weighted by Crippen LogP contribution is 2.41. The number of nitrogens with one attached hydrogen (secondary N) is 1. The summed E-state index contributed by atoms with van der Waals surface area (Å²) in [5.74, 6) is -0.595. The third-order valence-corrected chi connectivity index (χ3v) is 7.53. The zero-order valence-electron chi connectivity index (χ0n) is 20.8. The van der Waals surface area contributed by atoms with Crippen LogP contribution in [0.1, 0.15) is 29.8 Å². The van der Waals surface area contributed by atoms with Gasteiger partial charge in [0, 0.05) is 17.0 Å². The SMILES string of the molecule is CCOc1ccc(Cl)c(NC(=O)c2cc3ccccc3c(N=Nc3ccc(Cl)c(S(=O)(=O)O)c3CC)c2O)c1. The van der Waals surface area contributed by atoms with Gasteiger partial charge < -0.3 is 15.2 Å². The van der Waals surface area contributed by atoms with Crippen molar-refractivity contribution in [1.29, 1.82) is 0 Å². The molecule has 0 bridgehead atoms.